The zero-order valence-electron chi connectivity index (χ0n) is 13.9. The van der Waals surface area contributed by atoms with Gasteiger partial charge in [-0.25, -0.2) is 0 Å². The highest BCUT2D eigenvalue weighted by Gasteiger charge is 2.53. The second-order valence-corrected chi connectivity index (χ2v) is 7.81. The normalized spacial score (nSPS) is 38.9. The van der Waals surface area contributed by atoms with Gasteiger partial charge in [0.2, 0.25) is 0 Å². The molecule has 1 atom stereocenters. The number of rotatable bonds is 9. The molecule has 3 heteroatoms. The minimum Gasteiger partial charge on any atom is -0.385 e. The van der Waals surface area contributed by atoms with E-state index in [1.165, 1.54) is 38.5 Å². The van der Waals surface area contributed by atoms with Gasteiger partial charge < -0.3 is 14.8 Å². The summed E-state index contributed by atoms with van der Waals surface area (Å²) in [6.07, 6.45) is 9.94. The summed E-state index contributed by atoms with van der Waals surface area (Å²) in [5, 5.41) is 3.77. The Kier molecular flexibility index (Phi) is 5.23. The average Bonchev–Trinajstić information content (AvgIpc) is 2.44. The Morgan fingerprint density at radius 2 is 1.67 bits per heavy atom. The van der Waals surface area contributed by atoms with E-state index in [1.54, 1.807) is 7.11 Å². The van der Waals surface area contributed by atoms with Crippen LogP contribution in [0.1, 0.15) is 51.9 Å². The summed E-state index contributed by atoms with van der Waals surface area (Å²) in [7, 11) is 1.76. The molecule has 0 heterocycles. The summed E-state index contributed by atoms with van der Waals surface area (Å²) in [5.41, 5.74) is 0.548. The van der Waals surface area contributed by atoms with Gasteiger partial charge in [-0.1, -0.05) is 6.92 Å². The minimum absolute atomic E-state index is 0.548. The van der Waals surface area contributed by atoms with Gasteiger partial charge in [-0.05, 0) is 74.7 Å². The van der Waals surface area contributed by atoms with Crippen molar-refractivity contribution < 1.29 is 9.47 Å². The second-order valence-electron chi connectivity index (χ2n) is 7.81. The van der Waals surface area contributed by atoms with Crippen LogP contribution in [-0.4, -0.2) is 39.5 Å². The van der Waals surface area contributed by atoms with E-state index >= 15 is 0 Å². The fraction of sp³-hybridized carbons (Fsp3) is 1.00. The van der Waals surface area contributed by atoms with Crippen LogP contribution in [0.25, 0.3) is 0 Å². The third-order valence-corrected chi connectivity index (χ3v) is 6.20. The zero-order chi connectivity index (χ0) is 14.7. The highest BCUT2D eigenvalue weighted by atomic mass is 16.5. The monoisotopic (exact) mass is 295 g/mol. The van der Waals surface area contributed by atoms with Gasteiger partial charge in [0.15, 0.2) is 0 Å². The van der Waals surface area contributed by atoms with Gasteiger partial charge in [0.1, 0.15) is 0 Å². The molecule has 1 unspecified atom stereocenters. The van der Waals surface area contributed by atoms with Gasteiger partial charge >= 0.3 is 0 Å². The highest BCUT2D eigenvalue weighted by molar-refractivity contribution is 5.06. The van der Waals surface area contributed by atoms with Crippen LogP contribution in [-0.2, 0) is 9.47 Å². The largest absolute Gasteiger partial charge is 0.385 e. The van der Waals surface area contributed by atoms with E-state index in [2.05, 4.69) is 12.2 Å². The van der Waals surface area contributed by atoms with Crippen LogP contribution >= 0.6 is 0 Å². The van der Waals surface area contributed by atoms with Gasteiger partial charge in [-0.15, -0.1) is 0 Å². The first-order valence-corrected chi connectivity index (χ1v) is 9.06. The summed E-state index contributed by atoms with van der Waals surface area (Å²) in [5.74, 6) is 3.06. The molecule has 4 bridgehead atoms. The molecular formula is C18H33NO2. The maximum Gasteiger partial charge on any atom is 0.0625 e. The first-order chi connectivity index (χ1) is 10.3. The van der Waals surface area contributed by atoms with Gasteiger partial charge in [-0.2, -0.15) is 0 Å². The van der Waals surface area contributed by atoms with Crippen LogP contribution in [0.15, 0.2) is 0 Å². The standard InChI is InChI=1S/C18H33NO2/c1-3-19-17(13-21-6-4-5-20-2)18-10-14-7-15(11-18)9-16(8-14)12-18/h14-17,19H,3-13H2,1-2H3. The Labute approximate surface area is 130 Å². The lowest BCUT2D eigenvalue weighted by Gasteiger charge is -2.59. The molecule has 0 aliphatic heterocycles. The van der Waals surface area contributed by atoms with Crippen molar-refractivity contribution in [2.75, 3.05) is 33.5 Å². The van der Waals surface area contributed by atoms with Crippen molar-refractivity contribution in [3.05, 3.63) is 0 Å². The van der Waals surface area contributed by atoms with Crippen LogP contribution in [0.3, 0.4) is 0 Å². The predicted molar refractivity (Wildman–Crippen MR) is 85.4 cm³/mol. The third-order valence-electron chi connectivity index (χ3n) is 6.20. The molecule has 0 radical (unpaired) electrons. The molecule has 0 aromatic rings. The fourth-order valence-electron chi connectivity index (χ4n) is 5.81. The molecule has 4 fully saturated rings. The van der Waals surface area contributed by atoms with Crippen LogP contribution in [0, 0.1) is 23.2 Å². The van der Waals surface area contributed by atoms with Crippen molar-refractivity contribution >= 4 is 0 Å². The highest BCUT2D eigenvalue weighted by Crippen LogP contribution is 2.61. The Hall–Kier alpha value is -0.120. The van der Waals surface area contributed by atoms with Gasteiger partial charge in [0, 0.05) is 26.4 Å². The molecule has 0 amide bonds. The van der Waals surface area contributed by atoms with E-state index in [0.29, 0.717) is 11.5 Å². The van der Waals surface area contributed by atoms with E-state index in [4.69, 9.17) is 9.47 Å². The number of methoxy groups -OCH3 is 1. The molecule has 0 spiro atoms. The predicted octanol–water partition coefficient (Wildman–Crippen LogP) is 3.23. The van der Waals surface area contributed by atoms with E-state index in [0.717, 1.165) is 50.5 Å². The minimum atomic E-state index is 0.548. The summed E-state index contributed by atoms with van der Waals surface area (Å²) in [6.45, 7) is 5.83. The summed E-state index contributed by atoms with van der Waals surface area (Å²) < 4.78 is 11.1. The lowest BCUT2D eigenvalue weighted by molar-refractivity contribution is -0.0888. The average molecular weight is 295 g/mol. The summed E-state index contributed by atoms with van der Waals surface area (Å²) >= 11 is 0. The van der Waals surface area contributed by atoms with Gasteiger partial charge in [-0.3, -0.25) is 0 Å². The first kappa shape index (κ1) is 15.8. The van der Waals surface area contributed by atoms with Crippen molar-refractivity contribution in [1.29, 1.82) is 0 Å². The zero-order valence-corrected chi connectivity index (χ0v) is 13.9. The number of likely N-dealkylation sites (N-methyl/N-ethyl adjacent to an activating group) is 1. The van der Waals surface area contributed by atoms with Crippen LogP contribution in [0.2, 0.25) is 0 Å². The third kappa shape index (κ3) is 3.46. The van der Waals surface area contributed by atoms with Crippen molar-refractivity contribution in [2.45, 2.75) is 57.9 Å². The van der Waals surface area contributed by atoms with Crippen LogP contribution in [0.5, 0.6) is 0 Å². The van der Waals surface area contributed by atoms with Crippen LogP contribution in [0.4, 0.5) is 0 Å². The van der Waals surface area contributed by atoms with E-state index < -0.39 is 0 Å². The lowest BCUT2D eigenvalue weighted by atomic mass is 9.47. The SMILES string of the molecule is CCNC(COCCCOC)C12CC3CC(CC(C3)C1)C2. The number of hydrogen-bond acceptors (Lipinski definition) is 3. The van der Waals surface area contributed by atoms with Crippen molar-refractivity contribution in [2.24, 2.45) is 23.2 Å². The second kappa shape index (κ2) is 6.97. The maximum absolute atomic E-state index is 6.00. The molecule has 4 rings (SSSR count). The van der Waals surface area contributed by atoms with Crippen molar-refractivity contribution in [3.63, 3.8) is 0 Å². The molecule has 21 heavy (non-hydrogen) atoms. The topological polar surface area (TPSA) is 30.5 Å². The Balaban J connectivity index is 1.57. The Morgan fingerprint density at radius 1 is 1.05 bits per heavy atom. The molecule has 0 aromatic carbocycles. The number of ether oxygens (including phenoxy) is 2. The quantitative estimate of drug-likeness (QED) is 0.662. The Bertz CT molecular complexity index is 296. The van der Waals surface area contributed by atoms with Crippen molar-refractivity contribution in [3.8, 4) is 0 Å². The van der Waals surface area contributed by atoms with Crippen LogP contribution < -0.4 is 5.32 Å². The first-order valence-electron chi connectivity index (χ1n) is 9.06. The van der Waals surface area contributed by atoms with E-state index in [9.17, 15) is 0 Å². The molecule has 4 aliphatic rings. The maximum atomic E-state index is 6.00. The summed E-state index contributed by atoms with van der Waals surface area (Å²) in [6, 6.07) is 0.568. The smallest absolute Gasteiger partial charge is 0.0625 e. The van der Waals surface area contributed by atoms with Crippen molar-refractivity contribution in [1.82, 2.24) is 5.32 Å². The molecular weight excluding hydrogens is 262 g/mol. The Morgan fingerprint density at radius 3 is 2.19 bits per heavy atom. The van der Waals surface area contributed by atoms with Gasteiger partial charge in [0.05, 0.1) is 6.61 Å². The molecule has 0 saturated heterocycles. The lowest BCUT2D eigenvalue weighted by Crippen LogP contribution is -2.57. The fourth-order valence-corrected chi connectivity index (χ4v) is 5.81. The number of nitrogens with one attached hydrogen (secondary N) is 1. The number of hydrogen-bond donors (Lipinski definition) is 1. The summed E-state index contributed by atoms with van der Waals surface area (Å²) in [4.78, 5) is 0. The van der Waals surface area contributed by atoms with E-state index in [1.807, 2.05) is 0 Å². The molecule has 4 saturated carbocycles. The molecule has 4 aliphatic carbocycles. The van der Waals surface area contributed by atoms with Gasteiger partial charge in [0.25, 0.3) is 0 Å². The molecule has 3 nitrogen and oxygen atoms in total. The molecule has 0 aromatic heterocycles. The molecule has 1 N–H and O–H groups in total. The molecule has 122 valence electrons. The van der Waals surface area contributed by atoms with E-state index in [-0.39, 0.29) is 0 Å².